The van der Waals surface area contributed by atoms with E-state index in [1.165, 1.54) is 0 Å². The summed E-state index contributed by atoms with van der Waals surface area (Å²) in [5.41, 5.74) is 1.81. The molecule has 2 aromatic carbocycles. The standard InChI is InChI=1S/C25H30ClN5O3S/c1-28-17-23(32)30-21(12-13-35-2)24(33)29(15-19-10-6-7-11-20(19)26)16-22(30)31(28)25(34)27-14-18-8-4-3-5-9-18/h3-11,21-22H,12-17H2,1-2H3,(H,27,34)/t21-,22-/m0/s1. The summed E-state index contributed by atoms with van der Waals surface area (Å²) in [7, 11) is 1.73. The second-order valence-electron chi connectivity index (χ2n) is 8.69. The first-order valence-corrected chi connectivity index (χ1v) is 13.3. The minimum absolute atomic E-state index is 0.0306. The lowest BCUT2D eigenvalue weighted by atomic mass is 10.0. The maximum atomic E-state index is 13.6. The Kier molecular flexibility index (Phi) is 8.20. The van der Waals surface area contributed by atoms with Crippen molar-refractivity contribution in [3.63, 3.8) is 0 Å². The number of carbonyl (C=O) groups is 3. The fourth-order valence-corrected chi connectivity index (χ4v) is 5.29. The third-order valence-electron chi connectivity index (χ3n) is 6.35. The number of piperazine rings is 1. The maximum Gasteiger partial charge on any atom is 0.334 e. The first-order valence-electron chi connectivity index (χ1n) is 11.5. The van der Waals surface area contributed by atoms with Gasteiger partial charge in [-0.05, 0) is 35.6 Å². The van der Waals surface area contributed by atoms with Gasteiger partial charge in [0.05, 0.1) is 13.1 Å². The predicted molar refractivity (Wildman–Crippen MR) is 137 cm³/mol. The summed E-state index contributed by atoms with van der Waals surface area (Å²) in [6, 6.07) is 16.1. The SMILES string of the molecule is CSCC[C@H]1C(=O)N(Cc2ccccc2Cl)C[C@H]2N1C(=O)CN(C)N2C(=O)NCc1ccccc1. The molecular formula is C25H30ClN5O3S. The maximum absolute atomic E-state index is 13.6. The first kappa shape index (κ1) is 25.3. The predicted octanol–water partition coefficient (Wildman–Crippen LogP) is 3.03. The van der Waals surface area contributed by atoms with E-state index in [4.69, 9.17) is 11.6 Å². The van der Waals surface area contributed by atoms with Gasteiger partial charge in [-0.1, -0.05) is 60.1 Å². The van der Waals surface area contributed by atoms with Crippen LogP contribution in [0.4, 0.5) is 4.79 Å². The van der Waals surface area contributed by atoms with Crippen LogP contribution in [0.3, 0.4) is 0 Å². The number of halogens is 1. The van der Waals surface area contributed by atoms with E-state index in [0.717, 1.165) is 16.9 Å². The molecule has 0 radical (unpaired) electrons. The van der Waals surface area contributed by atoms with E-state index in [2.05, 4.69) is 5.32 Å². The van der Waals surface area contributed by atoms with Crippen LogP contribution in [-0.4, -0.2) is 82.0 Å². The molecule has 8 nitrogen and oxygen atoms in total. The lowest BCUT2D eigenvalue weighted by Crippen LogP contribution is -2.75. The molecule has 4 rings (SSSR count). The number of carbonyl (C=O) groups excluding carboxylic acids is 3. The van der Waals surface area contributed by atoms with Gasteiger partial charge in [0.25, 0.3) is 0 Å². The highest BCUT2D eigenvalue weighted by atomic mass is 35.5. The Hall–Kier alpha value is -2.75. The molecule has 2 aliphatic heterocycles. The lowest BCUT2D eigenvalue weighted by molar-refractivity contribution is -0.187. The number of hydrogen-bond donors (Lipinski definition) is 1. The van der Waals surface area contributed by atoms with E-state index >= 15 is 0 Å². The number of thioether (sulfide) groups is 1. The highest BCUT2D eigenvalue weighted by molar-refractivity contribution is 7.98. The molecule has 0 spiro atoms. The zero-order valence-corrected chi connectivity index (χ0v) is 21.5. The molecule has 2 saturated heterocycles. The van der Waals surface area contributed by atoms with Crippen molar-refractivity contribution in [1.29, 1.82) is 0 Å². The molecule has 0 saturated carbocycles. The molecule has 2 aromatic rings. The fourth-order valence-electron chi connectivity index (χ4n) is 4.64. The van der Waals surface area contributed by atoms with Gasteiger partial charge in [-0.25, -0.2) is 14.8 Å². The van der Waals surface area contributed by atoms with Gasteiger partial charge in [-0.3, -0.25) is 9.59 Å². The van der Waals surface area contributed by atoms with Gasteiger partial charge in [-0.2, -0.15) is 11.8 Å². The Morgan fingerprint density at radius 3 is 2.54 bits per heavy atom. The monoisotopic (exact) mass is 515 g/mol. The molecule has 186 valence electrons. The van der Waals surface area contributed by atoms with E-state index in [1.807, 2.05) is 54.8 Å². The topological polar surface area (TPSA) is 76.2 Å². The number of urea groups is 1. The van der Waals surface area contributed by atoms with Crippen LogP contribution in [0.1, 0.15) is 17.5 Å². The van der Waals surface area contributed by atoms with E-state index in [0.29, 0.717) is 24.5 Å². The van der Waals surface area contributed by atoms with E-state index in [9.17, 15) is 14.4 Å². The van der Waals surface area contributed by atoms with Crippen molar-refractivity contribution in [1.82, 2.24) is 25.1 Å². The molecule has 2 heterocycles. The quantitative estimate of drug-likeness (QED) is 0.613. The second kappa shape index (κ2) is 11.3. The van der Waals surface area contributed by atoms with Crippen molar-refractivity contribution < 1.29 is 14.4 Å². The first-order chi connectivity index (χ1) is 16.9. The third kappa shape index (κ3) is 5.58. The van der Waals surface area contributed by atoms with E-state index < -0.39 is 12.2 Å². The van der Waals surface area contributed by atoms with Crippen LogP contribution >= 0.6 is 23.4 Å². The summed E-state index contributed by atoms with van der Waals surface area (Å²) in [5, 5.41) is 6.76. The van der Waals surface area contributed by atoms with Crippen molar-refractivity contribution in [2.75, 3.05) is 32.1 Å². The summed E-state index contributed by atoms with van der Waals surface area (Å²) in [6.45, 7) is 0.913. The molecule has 0 aliphatic carbocycles. The number of likely N-dealkylation sites (N-methyl/N-ethyl adjacent to an activating group) is 1. The average Bonchev–Trinajstić information content (AvgIpc) is 2.85. The Morgan fingerprint density at radius 1 is 1.11 bits per heavy atom. The van der Waals surface area contributed by atoms with Gasteiger partial charge in [-0.15, -0.1) is 0 Å². The zero-order valence-electron chi connectivity index (χ0n) is 19.9. The number of hydrazine groups is 1. The minimum atomic E-state index is -0.630. The second-order valence-corrected chi connectivity index (χ2v) is 10.1. The molecule has 4 amide bonds. The molecule has 0 aromatic heterocycles. The van der Waals surface area contributed by atoms with Gasteiger partial charge in [0.1, 0.15) is 12.2 Å². The summed E-state index contributed by atoms with van der Waals surface area (Å²) >= 11 is 8.01. The van der Waals surface area contributed by atoms with Gasteiger partial charge in [0.2, 0.25) is 11.8 Å². The number of nitrogens with one attached hydrogen (secondary N) is 1. The van der Waals surface area contributed by atoms with Crippen LogP contribution in [0.25, 0.3) is 0 Å². The van der Waals surface area contributed by atoms with Crippen LogP contribution in [0.2, 0.25) is 5.02 Å². The Balaban J connectivity index is 1.61. The van der Waals surface area contributed by atoms with Crippen LogP contribution in [-0.2, 0) is 22.7 Å². The summed E-state index contributed by atoms with van der Waals surface area (Å²) < 4.78 is 0. The molecule has 0 bridgehead atoms. The zero-order chi connectivity index (χ0) is 24.9. The molecule has 0 unspecified atom stereocenters. The third-order valence-corrected chi connectivity index (χ3v) is 7.36. The van der Waals surface area contributed by atoms with E-state index in [-0.39, 0.29) is 30.9 Å². The van der Waals surface area contributed by atoms with Crippen molar-refractivity contribution in [3.8, 4) is 0 Å². The van der Waals surface area contributed by atoms with Gasteiger partial charge >= 0.3 is 6.03 Å². The van der Waals surface area contributed by atoms with Gasteiger partial charge < -0.3 is 15.1 Å². The van der Waals surface area contributed by atoms with Crippen LogP contribution in [0.15, 0.2) is 54.6 Å². The Bertz CT molecular complexity index is 1070. The summed E-state index contributed by atoms with van der Waals surface area (Å²) in [5.74, 6) is 0.460. The van der Waals surface area contributed by atoms with Crippen molar-refractivity contribution in [2.24, 2.45) is 0 Å². The van der Waals surface area contributed by atoms with Crippen molar-refractivity contribution in [2.45, 2.75) is 31.7 Å². The number of amides is 4. The summed E-state index contributed by atoms with van der Waals surface area (Å²) in [4.78, 5) is 43.4. The smallest absolute Gasteiger partial charge is 0.333 e. The normalized spacial score (nSPS) is 20.7. The Labute approximate surface area is 215 Å². The Morgan fingerprint density at radius 2 is 1.83 bits per heavy atom. The van der Waals surface area contributed by atoms with Crippen LogP contribution < -0.4 is 5.32 Å². The largest absolute Gasteiger partial charge is 0.334 e. The molecule has 2 atom stereocenters. The van der Waals surface area contributed by atoms with Gasteiger partial charge in [0, 0.05) is 25.2 Å². The molecule has 2 aliphatic rings. The summed E-state index contributed by atoms with van der Waals surface area (Å²) in [6.07, 6.45) is 1.88. The van der Waals surface area contributed by atoms with Crippen LogP contribution in [0, 0.1) is 0 Å². The minimum Gasteiger partial charge on any atom is -0.333 e. The molecule has 2 fully saturated rings. The molecule has 1 N–H and O–H groups in total. The number of fused-ring (bicyclic) bond motifs is 1. The number of rotatable bonds is 7. The molecule has 10 heteroatoms. The number of nitrogens with zero attached hydrogens (tertiary/aromatic N) is 4. The molecular weight excluding hydrogens is 486 g/mol. The van der Waals surface area contributed by atoms with Crippen molar-refractivity contribution >= 4 is 41.2 Å². The highest BCUT2D eigenvalue weighted by Gasteiger charge is 2.50. The lowest BCUT2D eigenvalue weighted by Gasteiger charge is -2.54. The number of hydrogen-bond acceptors (Lipinski definition) is 5. The highest BCUT2D eigenvalue weighted by Crippen LogP contribution is 2.29. The fraction of sp³-hybridized carbons (Fsp3) is 0.400. The van der Waals surface area contributed by atoms with E-state index in [1.54, 1.807) is 44.7 Å². The van der Waals surface area contributed by atoms with Gasteiger partial charge in [0.15, 0.2) is 0 Å². The van der Waals surface area contributed by atoms with Crippen LogP contribution in [0.5, 0.6) is 0 Å². The number of benzene rings is 2. The van der Waals surface area contributed by atoms with Crippen molar-refractivity contribution in [3.05, 3.63) is 70.7 Å². The molecule has 35 heavy (non-hydrogen) atoms. The average molecular weight is 516 g/mol.